The molecule has 0 unspecified atom stereocenters. The van der Waals surface area contributed by atoms with Crippen molar-refractivity contribution in [2.45, 2.75) is 38.0 Å². The SMILES string of the molecule is CCCCOc1ccc(/C=N\NC(=O)CCSc2ccc(C)cc2)cc1. The summed E-state index contributed by atoms with van der Waals surface area (Å²) in [4.78, 5) is 13.0. The van der Waals surface area contributed by atoms with Crippen molar-refractivity contribution in [2.24, 2.45) is 5.10 Å². The Morgan fingerprint density at radius 1 is 1.15 bits per heavy atom. The maximum atomic E-state index is 11.8. The number of hydrazone groups is 1. The van der Waals surface area contributed by atoms with Gasteiger partial charge < -0.3 is 4.74 Å². The van der Waals surface area contributed by atoms with Crippen LogP contribution in [0.3, 0.4) is 0 Å². The summed E-state index contributed by atoms with van der Waals surface area (Å²) in [6.45, 7) is 4.94. The molecule has 1 N–H and O–H groups in total. The van der Waals surface area contributed by atoms with Crippen molar-refractivity contribution in [3.8, 4) is 5.75 Å². The van der Waals surface area contributed by atoms with Crippen LogP contribution in [0, 0.1) is 6.92 Å². The van der Waals surface area contributed by atoms with Crippen LogP contribution in [-0.2, 0) is 4.79 Å². The maximum absolute atomic E-state index is 11.8. The Morgan fingerprint density at radius 2 is 1.88 bits per heavy atom. The fourth-order valence-electron chi connectivity index (χ4n) is 2.12. The summed E-state index contributed by atoms with van der Waals surface area (Å²) < 4.78 is 5.61. The predicted molar refractivity (Wildman–Crippen MR) is 109 cm³/mol. The molecule has 0 heterocycles. The highest BCUT2D eigenvalue weighted by molar-refractivity contribution is 7.99. The van der Waals surface area contributed by atoms with E-state index in [1.807, 2.05) is 24.3 Å². The predicted octanol–water partition coefficient (Wildman–Crippen LogP) is 4.81. The molecule has 138 valence electrons. The summed E-state index contributed by atoms with van der Waals surface area (Å²) in [5.74, 6) is 1.50. The number of ether oxygens (including phenoxy) is 1. The van der Waals surface area contributed by atoms with Crippen LogP contribution in [0.25, 0.3) is 0 Å². The molecule has 26 heavy (non-hydrogen) atoms. The molecule has 0 radical (unpaired) electrons. The first-order chi connectivity index (χ1) is 12.7. The molecule has 4 nitrogen and oxygen atoms in total. The van der Waals surface area contributed by atoms with Crippen molar-refractivity contribution in [3.63, 3.8) is 0 Å². The van der Waals surface area contributed by atoms with Gasteiger partial charge in [-0.25, -0.2) is 5.43 Å². The van der Waals surface area contributed by atoms with Gasteiger partial charge in [-0.15, -0.1) is 11.8 Å². The Labute approximate surface area is 160 Å². The first kappa shape index (κ1) is 20.0. The minimum absolute atomic E-state index is 0.0830. The molecule has 0 saturated carbocycles. The highest BCUT2D eigenvalue weighted by Gasteiger charge is 2.01. The zero-order valence-corrected chi connectivity index (χ0v) is 16.2. The average Bonchev–Trinajstić information content (AvgIpc) is 2.65. The Morgan fingerprint density at radius 3 is 2.58 bits per heavy atom. The molecule has 0 saturated heterocycles. The van der Waals surface area contributed by atoms with Gasteiger partial charge in [-0.1, -0.05) is 31.0 Å². The number of unbranched alkanes of at least 4 members (excludes halogenated alkanes) is 1. The Hall–Kier alpha value is -2.27. The molecule has 0 atom stereocenters. The average molecular weight is 371 g/mol. The Bertz CT molecular complexity index is 697. The van der Waals surface area contributed by atoms with Gasteiger partial charge in [0.05, 0.1) is 12.8 Å². The summed E-state index contributed by atoms with van der Waals surface area (Å²) in [6.07, 6.45) is 4.24. The van der Waals surface area contributed by atoms with Crippen LogP contribution in [0.4, 0.5) is 0 Å². The summed E-state index contributed by atoms with van der Waals surface area (Å²) in [6, 6.07) is 16.0. The van der Waals surface area contributed by atoms with E-state index in [9.17, 15) is 4.79 Å². The normalized spacial score (nSPS) is 10.8. The lowest BCUT2D eigenvalue weighted by Gasteiger charge is -2.05. The van der Waals surface area contributed by atoms with Gasteiger partial charge in [0.15, 0.2) is 0 Å². The standard InChI is InChI=1S/C21H26N2O2S/c1-3-4-14-25-19-9-7-18(8-10-19)16-22-23-21(24)13-15-26-20-11-5-17(2)6-12-20/h5-12,16H,3-4,13-15H2,1-2H3,(H,23,24)/b22-16-. The van der Waals surface area contributed by atoms with E-state index in [1.54, 1.807) is 18.0 Å². The lowest BCUT2D eigenvalue weighted by atomic mass is 10.2. The number of benzene rings is 2. The van der Waals surface area contributed by atoms with E-state index in [4.69, 9.17) is 4.74 Å². The molecule has 0 aromatic heterocycles. The van der Waals surface area contributed by atoms with Crippen LogP contribution in [0.1, 0.15) is 37.3 Å². The number of thioether (sulfide) groups is 1. The third-order valence-electron chi connectivity index (χ3n) is 3.67. The van der Waals surface area contributed by atoms with E-state index >= 15 is 0 Å². The molecule has 5 heteroatoms. The van der Waals surface area contributed by atoms with E-state index in [0.29, 0.717) is 6.42 Å². The number of amides is 1. The van der Waals surface area contributed by atoms with Gasteiger partial charge in [0, 0.05) is 17.1 Å². The molecule has 2 rings (SSSR count). The Kier molecular flexibility index (Phi) is 8.76. The molecule has 0 bridgehead atoms. The van der Waals surface area contributed by atoms with Crippen LogP contribution < -0.4 is 10.2 Å². The molecule has 0 spiro atoms. The number of aryl methyl sites for hydroxylation is 1. The van der Waals surface area contributed by atoms with Gasteiger partial charge in [-0.3, -0.25) is 4.79 Å². The molecule has 0 aliphatic carbocycles. The smallest absolute Gasteiger partial charge is 0.240 e. The van der Waals surface area contributed by atoms with Gasteiger partial charge in [0.2, 0.25) is 5.91 Å². The van der Waals surface area contributed by atoms with Crippen LogP contribution in [0.2, 0.25) is 0 Å². The van der Waals surface area contributed by atoms with Gasteiger partial charge in [-0.2, -0.15) is 5.10 Å². The molecule has 2 aromatic carbocycles. The summed E-state index contributed by atoms with van der Waals surface area (Å²) in [5.41, 5.74) is 4.73. The third kappa shape index (κ3) is 7.74. The van der Waals surface area contributed by atoms with Crippen LogP contribution in [0.5, 0.6) is 5.75 Å². The monoisotopic (exact) mass is 370 g/mol. The van der Waals surface area contributed by atoms with Crippen molar-refractivity contribution < 1.29 is 9.53 Å². The topological polar surface area (TPSA) is 50.7 Å². The van der Waals surface area contributed by atoms with Crippen molar-refractivity contribution in [1.82, 2.24) is 5.43 Å². The first-order valence-corrected chi connectivity index (χ1v) is 9.90. The Balaban J connectivity index is 1.66. The minimum atomic E-state index is -0.0830. The second kappa shape index (κ2) is 11.4. The van der Waals surface area contributed by atoms with Crippen molar-refractivity contribution in [2.75, 3.05) is 12.4 Å². The number of hydrogen-bond donors (Lipinski definition) is 1. The second-order valence-corrected chi connectivity index (χ2v) is 7.14. The summed E-state index contributed by atoms with van der Waals surface area (Å²) >= 11 is 1.67. The zero-order valence-electron chi connectivity index (χ0n) is 15.4. The maximum Gasteiger partial charge on any atom is 0.240 e. The molecule has 0 aliphatic heterocycles. The molecule has 1 amide bonds. The van der Waals surface area contributed by atoms with Crippen molar-refractivity contribution >= 4 is 23.9 Å². The number of hydrogen-bond acceptors (Lipinski definition) is 4. The van der Waals surface area contributed by atoms with E-state index in [2.05, 4.69) is 48.6 Å². The molecule has 2 aromatic rings. The minimum Gasteiger partial charge on any atom is -0.494 e. The molecule has 0 aliphatic rings. The largest absolute Gasteiger partial charge is 0.494 e. The van der Waals surface area contributed by atoms with Gasteiger partial charge in [-0.05, 0) is 55.3 Å². The van der Waals surface area contributed by atoms with Gasteiger partial charge >= 0.3 is 0 Å². The highest BCUT2D eigenvalue weighted by Crippen LogP contribution is 2.18. The van der Waals surface area contributed by atoms with Crippen molar-refractivity contribution in [1.29, 1.82) is 0 Å². The quantitative estimate of drug-likeness (QED) is 0.283. The van der Waals surface area contributed by atoms with E-state index < -0.39 is 0 Å². The lowest BCUT2D eigenvalue weighted by Crippen LogP contribution is -2.17. The number of rotatable bonds is 10. The number of carbonyl (C=O) groups excluding carboxylic acids is 1. The molecule has 0 fully saturated rings. The number of carbonyl (C=O) groups is 1. The number of nitrogens with zero attached hydrogens (tertiary/aromatic N) is 1. The fraction of sp³-hybridized carbons (Fsp3) is 0.333. The van der Waals surface area contributed by atoms with E-state index in [0.717, 1.165) is 36.5 Å². The second-order valence-electron chi connectivity index (χ2n) is 5.98. The van der Waals surface area contributed by atoms with Gasteiger partial charge in [0.1, 0.15) is 5.75 Å². The summed E-state index contributed by atoms with van der Waals surface area (Å²) in [5, 5.41) is 4.01. The molecular formula is C21H26N2O2S. The van der Waals surface area contributed by atoms with Crippen LogP contribution in [-0.4, -0.2) is 24.5 Å². The van der Waals surface area contributed by atoms with Crippen molar-refractivity contribution in [3.05, 3.63) is 59.7 Å². The fourth-order valence-corrected chi connectivity index (χ4v) is 2.97. The van der Waals surface area contributed by atoms with Crippen LogP contribution in [0.15, 0.2) is 58.5 Å². The van der Waals surface area contributed by atoms with Gasteiger partial charge in [0.25, 0.3) is 0 Å². The highest BCUT2D eigenvalue weighted by atomic mass is 32.2. The summed E-state index contributed by atoms with van der Waals surface area (Å²) in [7, 11) is 0. The number of nitrogens with one attached hydrogen (secondary N) is 1. The molecular weight excluding hydrogens is 344 g/mol. The first-order valence-electron chi connectivity index (χ1n) is 8.91. The third-order valence-corrected chi connectivity index (χ3v) is 4.68. The zero-order chi connectivity index (χ0) is 18.6. The van der Waals surface area contributed by atoms with E-state index in [-0.39, 0.29) is 5.91 Å². The lowest BCUT2D eigenvalue weighted by molar-refractivity contribution is -0.120. The van der Waals surface area contributed by atoms with E-state index in [1.165, 1.54) is 10.5 Å². The van der Waals surface area contributed by atoms with Crippen LogP contribution >= 0.6 is 11.8 Å².